The molecule has 0 amide bonds. The summed E-state index contributed by atoms with van der Waals surface area (Å²) in [6.45, 7) is 12.0. The van der Waals surface area contributed by atoms with E-state index in [2.05, 4.69) is 83.9 Å². The lowest BCUT2D eigenvalue weighted by molar-refractivity contribution is -0.136. The molecule has 2 heterocycles. The maximum Gasteiger partial charge on any atom is 0.333 e. The zero-order chi connectivity index (χ0) is 31.9. The predicted molar refractivity (Wildman–Crippen MR) is 180 cm³/mol. The topological polar surface area (TPSA) is 67.9 Å². The van der Waals surface area contributed by atoms with Crippen LogP contribution in [0.2, 0.25) is 0 Å². The van der Waals surface area contributed by atoms with Gasteiger partial charge in [-0.3, -0.25) is 5.10 Å². The number of rotatable bonds is 7. The third-order valence-electron chi connectivity index (χ3n) is 8.31. The van der Waals surface area contributed by atoms with Crippen molar-refractivity contribution in [2.24, 2.45) is 0 Å². The minimum Gasteiger partial charge on any atom is -0.466 e. The smallest absolute Gasteiger partial charge is 0.333 e. The molecule has 0 unspecified atom stereocenters. The molecular formula is C39H38FN3O2. The minimum atomic E-state index is -0.334. The van der Waals surface area contributed by atoms with Gasteiger partial charge in [0, 0.05) is 11.1 Å². The normalized spacial score (nSPS) is 22.6. The van der Waals surface area contributed by atoms with Gasteiger partial charge in [-0.2, -0.15) is 5.10 Å². The van der Waals surface area contributed by atoms with E-state index in [9.17, 15) is 9.18 Å². The molecule has 228 valence electrons. The van der Waals surface area contributed by atoms with Crippen LogP contribution in [-0.2, 0) is 9.53 Å². The molecule has 45 heavy (non-hydrogen) atoms. The number of allylic oxidation sites excluding steroid dienone is 19. The van der Waals surface area contributed by atoms with Crippen molar-refractivity contribution in [3.63, 3.8) is 0 Å². The van der Waals surface area contributed by atoms with Crippen LogP contribution in [0.15, 0.2) is 143 Å². The first-order chi connectivity index (χ1) is 21.8. The third-order valence-corrected chi connectivity index (χ3v) is 8.31. The number of carbonyl (C=O) groups excluding carboxylic acids is 1. The second-order valence-electron chi connectivity index (χ2n) is 11.2. The van der Waals surface area contributed by atoms with E-state index in [4.69, 9.17) is 4.74 Å². The van der Waals surface area contributed by atoms with E-state index in [0.29, 0.717) is 24.2 Å². The summed E-state index contributed by atoms with van der Waals surface area (Å²) in [6, 6.07) is 3.09. The number of methoxy groups -OCH3 is 1. The first kappa shape index (κ1) is 31.3. The molecule has 3 aliphatic carbocycles. The Kier molecular flexibility index (Phi) is 9.83. The molecule has 2 aromatic rings. The van der Waals surface area contributed by atoms with Gasteiger partial charge in [0.25, 0.3) is 0 Å². The van der Waals surface area contributed by atoms with Crippen LogP contribution < -0.4 is 0 Å². The van der Waals surface area contributed by atoms with Crippen LogP contribution in [-0.4, -0.2) is 28.3 Å². The number of H-pyrrole nitrogens is 1. The van der Waals surface area contributed by atoms with Gasteiger partial charge in [-0.25, -0.2) is 14.2 Å². The lowest BCUT2D eigenvalue weighted by Gasteiger charge is -2.18. The maximum absolute atomic E-state index is 13.9. The lowest BCUT2D eigenvalue weighted by Crippen LogP contribution is -2.08. The minimum absolute atomic E-state index is 0.261. The SMILES string of the molecule is C=CC(=C)/C1=C(\C=C(/C)C2=CCC=C3\C=C/C(c4cn[nH]c4-c4ccc(F)c(C)n4)=C/C=C/C3=C2)CC/C(C(=O)OC)=C/CC1. The highest BCUT2D eigenvalue weighted by atomic mass is 19.1. The summed E-state index contributed by atoms with van der Waals surface area (Å²) >= 11 is 0. The number of hydrogen-bond donors (Lipinski definition) is 1. The van der Waals surface area contributed by atoms with E-state index in [1.54, 1.807) is 19.2 Å². The first-order valence-corrected chi connectivity index (χ1v) is 15.1. The highest BCUT2D eigenvalue weighted by Crippen LogP contribution is 2.34. The summed E-state index contributed by atoms with van der Waals surface area (Å²) in [5.41, 5.74) is 12.1. The van der Waals surface area contributed by atoms with Crippen LogP contribution in [0, 0.1) is 12.7 Å². The molecule has 0 atom stereocenters. The van der Waals surface area contributed by atoms with E-state index in [1.165, 1.54) is 24.3 Å². The van der Waals surface area contributed by atoms with Crippen LogP contribution in [0.5, 0.6) is 0 Å². The molecule has 0 aromatic carbocycles. The summed E-state index contributed by atoms with van der Waals surface area (Å²) in [5, 5.41) is 7.30. The number of pyridine rings is 1. The molecule has 0 radical (unpaired) electrons. The molecule has 0 fully saturated rings. The summed E-state index contributed by atoms with van der Waals surface area (Å²) in [5.74, 6) is -0.595. The molecule has 1 N–H and O–H groups in total. The number of carbonyl (C=O) groups is 1. The third kappa shape index (κ3) is 7.18. The van der Waals surface area contributed by atoms with E-state index < -0.39 is 0 Å². The van der Waals surface area contributed by atoms with Gasteiger partial charge in [-0.1, -0.05) is 73.9 Å². The standard InChI is InChI=1S/C39H38FN3O2/c1-6-25(2)34-15-9-12-30(39(44)45-5)18-19-33(34)22-26(3)31-13-7-10-28-16-17-29(11-8-14-32(28)23-31)35-24-41-43-38(35)37-21-20-36(40)27(4)42-37/h6,8,10-14,16-17,20-24H,1-2,7,9,15,18-19H2,3-5H3,(H,41,43)/b14-8+,17-16-,26-22+,29-11-,30-12-,34-33-. The number of aromatic amines is 1. The Morgan fingerprint density at radius 1 is 1.07 bits per heavy atom. The summed E-state index contributed by atoms with van der Waals surface area (Å²) in [6.07, 6.45) is 28.6. The van der Waals surface area contributed by atoms with Crippen molar-refractivity contribution in [2.45, 2.75) is 46.0 Å². The van der Waals surface area contributed by atoms with Gasteiger partial charge in [0.15, 0.2) is 0 Å². The van der Waals surface area contributed by atoms with Gasteiger partial charge >= 0.3 is 5.97 Å². The number of aryl methyl sites for hydroxylation is 1. The molecule has 5 rings (SSSR count). The van der Waals surface area contributed by atoms with Crippen molar-refractivity contribution in [1.29, 1.82) is 0 Å². The molecule has 5 nitrogen and oxygen atoms in total. The Labute approximate surface area is 264 Å². The van der Waals surface area contributed by atoms with Crippen molar-refractivity contribution in [3.05, 3.63) is 160 Å². The number of hydrogen-bond acceptors (Lipinski definition) is 4. The molecule has 0 bridgehead atoms. The fourth-order valence-electron chi connectivity index (χ4n) is 5.76. The number of halogens is 1. The van der Waals surface area contributed by atoms with Gasteiger partial charge in [0.2, 0.25) is 0 Å². The quantitative estimate of drug-likeness (QED) is 0.254. The zero-order valence-corrected chi connectivity index (χ0v) is 26.1. The maximum atomic E-state index is 13.9. The largest absolute Gasteiger partial charge is 0.466 e. The average Bonchev–Trinajstić information content (AvgIpc) is 3.42. The van der Waals surface area contributed by atoms with Gasteiger partial charge in [-0.05, 0) is 109 Å². The highest BCUT2D eigenvalue weighted by molar-refractivity contribution is 5.88. The van der Waals surface area contributed by atoms with Crippen molar-refractivity contribution in [3.8, 4) is 11.4 Å². The summed E-state index contributed by atoms with van der Waals surface area (Å²) < 4.78 is 18.9. The number of nitrogens with one attached hydrogen (secondary N) is 1. The second-order valence-corrected chi connectivity index (χ2v) is 11.2. The Balaban J connectivity index is 1.43. The molecule has 0 spiro atoms. The fraction of sp³-hybridized carbons (Fsp3) is 0.205. The lowest BCUT2D eigenvalue weighted by atomic mass is 9.87. The predicted octanol–water partition coefficient (Wildman–Crippen LogP) is 9.27. The van der Waals surface area contributed by atoms with Crippen LogP contribution in [0.4, 0.5) is 4.39 Å². The summed E-state index contributed by atoms with van der Waals surface area (Å²) in [7, 11) is 1.43. The van der Waals surface area contributed by atoms with E-state index >= 15 is 0 Å². The first-order valence-electron chi connectivity index (χ1n) is 15.1. The second kappa shape index (κ2) is 14.1. The Morgan fingerprint density at radius 2 is 1.89 bits per heavy atom. The Hall–Kier alpha value is -5.10. The highest BCUT2D eigenvalue weighted by Gasteiger charge is 2.18. The Bertz CT molecular complexity index is 1830. The molecule has 2 aromatic heterocycles. The number of aromatic nitrogens is 3. The van der Waals surface area contributed by atoms with E-state index in [0.717, 1.165) is 69.5 Å². The van der Waals surface area contributed by atoms with Gasteiger partial charge in [0.05, 0.1) is 30.4 Å². The molecule has 6 heteroatoms. The van der Waals surface area contributed by atoms with Gasteiger partial charge < -0.3 is 4.74 Å². The van der Waals surface area contributed by atoms with Crippen molar-refractivity contribution >= 4 is 11.5 Å². The number of fused-ring (bicyclic) bond motifs is 1. The number of esters is 1. The zero-order valence-electron chi connectivity index (χ0n) is 26.1. The van der Waals surface area contributed by atoms with Crippen molar-refractivity contribution in [2.75, 3.05) is 7.11 Å². The van der Waals surface area contributed by atoms with Crippen LogP contribution in [0.3, 0.4) is 0 Å². The Morgan fingerprint density at radius 3 is 2.67 bits per heavy atom. The number of nitrogens with zero attached hydrogens (tertiary/aromatic N) is 2. The van der Waals surface area contributed by atoms with Crippen LogP contribution >= 0.6 is 0 Å². The molecule has 0 aliphatic heterocycles. The molecule has 0 saturated heterocycles. The molecular weight excluding hydrogens is 561 g/mol. The van der Waals surface area contributed by atoms with E-state index in [1.807, 2.05) is 18.2 Å². The van der Waals surface area contributed by atoms with Crippen molar-refractivity contribution in [1.82, 2.24) is 15.2 Å². The van der Waals surface area contributed by atoms with Gasteiger partial charge in [-0.15, -0.1) is 0 Å². The van der Waals surface area contributed by atoms with Crippen LogP contribution in [0.1, 0.15) is 50.3 Å². The summed E-state index contributed by atoms with van der Waals surface area (Å²) in [4.78, 5) is 16.7. The fourth-order valence-corrected chi connectivity index (χ4v) is 5.76. The van der Waals surface area contributed by atoms with Crippen molar-refractivity contribution < 1.29 is 13.9 Å². The molecule has 3 aliphatic rings. The molecule has 0 saturated carbocycles. The number of ether oxygens (including phenoxy) is 1. The van der Waals surface area contributed by atoms with Gasteiger partial charge in [0.1, 0.15) is 5.82 Å². The van der Waals surface area contributed by atoms with Crippen LogP contribution in [0.25, 0.3) is 17.0 Å². The average molecular weight is 600 g/mol. The van der Waals surface area contributed by atoms with E-state index in [-0.39, 0.29) is 11.8 Å². The monoisotopic (exact) mass is 599 g/mol.